The van der Waals surface area contributed by atoms with Crippen LogP contribution in [0.1, 0.15) is 20.7 Å². The number of carboxylic acids is 2. The first-order chi connectivity index (χ1) is 11.5. The van der Waals surface area contributed by atoms with Crippen molar-refractivity contribution in [3.8, 4) is 0 Å². The van der Waals surface area contributed by atoms with Gasteiger partial charge >= 0.3 is 11.9 Å². The van der Waals surface area contributed by atoms with Crippen LogP contribution in [0.2, 0.25) is 0 Å². The van der Waals surface area contributed by atoms with Crippen LogP contribution in [0.4, 0.5) is 0 Å². The first kappa shape index (κ1) is 18.4. The predicted molar refractivity (Wildman–Crippen MR) is 94.3 cm³/mol. The highest BCUT2D eigenvalue weighted by Gasteiger charge is 2.17. The van der Waals surface area contributed by atoms with Crippen molar-refractivity contribution in [3.63, 3.8) is 0 Å². The molecule has 0 saturated carbocycles. The summed E-state index contributed by atoms with van der Waals surface area (Å²) in [6, 6.07) is 13.9. The van der Waals surface area contributed by atoms with Gasteiger partial charge in [-0.2, -0.15) is 0 Å². The van der Waals surface area contributed by atoms with Crippen molar-refractivity contribution in [2.24, 2.45) is 0 Å². The van der Waals surface area contributed by atoms with Gasteiger partial charge in [0.1, 0.15) is 0 Å². The lowest BCUT2D eigenvalue weighted by Crippen LogP contribution is -2.13. The summed E-state index contributed by atoms with van der Waals surface area (Å²) in [5.41, 5.74) is -0.493. The highest BCUT2D eigenvalue weighted by Crippen LogP contribution is 2.25. The summed E-state index contributed by atoms with van der Waals surface area (Å²) in [6.45, 7) is 0. The number of aromatic carboxylic acids is 2. The molecule has 0 radical (unpaired) electrons. The number of carbonyl (C=O) groups is 2. The van der Waals surface area contributed by atoms with Crippen LogP contribution < -0.4 is 0 Å². The summed E-state index contributed by atoms with van der Waals surface area (Å²) in [5.74, 6) is -1.64. The van der Waals surface area contributed by atoms with E-state index < -0.39 is 18.0 Å². The van der Waals surface area contributed by atoms with Crippen LogP contribution in [-0.4, -0.2) is 44.9 Å². The van der Waals surface area contributed by atoms with E-state index in [2.05, 4.69) is 0 Å². The van der Waals surface area contributed by atoms with Gasteiger partial charge in [-0.15, -0.1) is 23.5 Å². The molecule has 0 spiro atoms. The second-order valence-electron chi connectivity index (χ2n) is 4.91. The summed E-state index contributed by atoms with van der Waals surface area (Å²) in [5, 5.41) is 28.1. The van der Waals surface area contributed by atoms with Gasteiger partial charge < -0.3 is 15.3 Å². The molecule has 0 aliphatic rings. The van der Waals surface area contributed by atoms with Gasteiger partial charge in [-0.3, -0.25) is 0 Å². The molecule has 1 atom stereocenters. The maximum Gasteiger partial charge on any atom is 0.336 e. The van der Waals surface area contributed by atoms with Gasteiger partial charge in [0.25, 0.3) is 0 Å². The maximum absolute atomic E-state index is 11.2. The molecule has 0 fully saturated rings. The molecule has 2 rings (SSSR count). The standard InChI is InChI=1S/C17H16O5S2/c18-11(9-23-12-4-2-1-3-5-12)10-24-13-6-7-14(16(19)20)15(8-13)17(21)22/h1-8,11,18H,9-10H2,(H,19,20)(H,21,22). The molecule has 0 saturated heterocycles. The highest BCUT2D eigenvalue weighted by molar-refractivity contribution is 8.00. The van der Waals surface area contributed by atoms with Crippen LogP contribution in [0.3, 0.4) is 0 Å². The van der Waals surface area contributed by atoms with Crippen LogP contribution in [0.15, 0.2) is 58.3 Å². The lowest BCUT2D eigenvalue weighted by Gasteiger charge is -2.11. The van der Waals surface area contributed by atoms with Crippen LogP contribution in [-0.2, 0) is 0 Å². The van der Waals surface area contributed by atoms with Gasteiger partial charge in [0.05, 0.1) is 17.2 Å². The number of hydrogen-bond donors (Lipinski definition) is 3. The zero-order chi connectivity index (χ0) is 17.5. The molecule has 0 bridgehead atoms. The van der Waals surface area contributed by atoms with Crippen molar-refractivity contribution < 1.29 is 24.9 Å². The Balaban J connectivity index is 1.92. The summed E-state index contributed by atoms with van der Waals surface area (Å²) in [7, 11) is 0. The third kappa shape index (κ3) is 5.30. The fourth-order valence-corrected chi connectivity index (χ4v) is 3.80. The van der Waals surface area contributed by atoms with Crippen molar-refractivity contribution in [2.75, 3.05) is 11.5 Å². The Hall–Kier alpha value is -1.96. The normalized spacial score (nSPS) is 11.9. The Labute approximate surface area is 147 Å². The number of aliphatic hydroxyl groups excluding tert-OH is 1. The molecule has 7 heteroatoms. The predicted octanol–water partition coefficient (Wildman–Crippen LogP) is 3.33. The summed E-state index contributed by atoms with van der Waals surface area (Å²) >= 11 is 2.84. The van der Waals surface area contributed by atoms with E-state index in [1.807, 2.05) is 30.3 Å². The quantitative estimate of drug-likeness (QED) is 0.618. The van der Waals surface area contributed by atoms with Crippen LogP contribution >= 0.6 is 23.5 Å². The molecule has 0 aromatic heterocycles. The van der Waals surface area contributed by atoms with Crippen LogP contribution in [0.25, 0.3) is 0 Å². The summed E-state index contributed by atoms with van der Waals surface area (Å²) in [4.78, 5) is 23.8. The minimum absolute atomic E-state index is 0.243. The molecule has 2 aromatic carbocycles. The first-order valence-corrected chi connectivity index (χ1v) is 9.04. The fraction of sp³-hybridized carbons (Fsp3) is 0.176. The zero-order valence-electron chi connectivity index (χ0n) is 12.6. The summed E-state index contributed by atoms with van der Waals surface area (Å²) < 4.78 is 0. The molecule has 5 nitrogen and oxygen atoms in total. The van der Waals surface area contributed by atoms with Crippen molar-refractivity contribution >= 4 is 35.5 Å². The SMILES string of the molecule is O=C(O)c1ccc(SCC(O)CSc2ccccc2)cc1C(=O)O. The van der Waals surface area contributed by atoms with Gasteiger partial charge in [-0.05, 0) is 30.3 Å². The number of benzene rings is 2. The topological polar surface area (TPSA) is 94.8 Å². The molecular weight excluding hydrogens is 348 g/mol. The van der Waals surface area contributed by atoms with E-state index in [1.165, 1.54) is 23.9 Å². The molecule has 0 aliphatic heterocycles. The van der Waals surface area contributed by atoms with Crippen LogP contribution in [0, 0.1) is 0 Å². The maximum atomic E-state index is 11.2. The molecule has 24 heavy (non-hydrogen) atoms. The monoisotopic (exact) mass is 364 g/mol. The summed E-state index contributed by atoms with van der Waals surface area (Å²) in [6.07, 6.45) is -0.562. The Morgan fingerprint density at radius 3 is 2.00 bits per heavy atom. The van der Waals surface area contributed by atoms with E-state index in [1.54, 1.807) is 17.8 Å². The fourth-order valence-electron chi connectivity index (χ4n) is 1.93. The van der Waals surface area contributed by atoms with E-state index in [0.717, 1.165) is 4.90 Å². The van der Waals surface area contributed by atoms with E-state index in [0.29, 0.717) is 16.4 Å². The molecule has 3 N–H and O–H groups in total. The van der Waals surface area contributed by atoms with Gasteiger partial charge in [0.2, 0.25) is 0 Å². The molecule has 0 amide bonds. The second-order valence-corrected chi connectivity index (χ2v) is 7.09. The van der Waals surface area contributed by atoms with Crippen LogP contribution in [0.5, 0.6) is 0 Å². The first-order valence-electron chi connectivity index (χ1n) is 7.06. The highest BCUT2D eigenvalue weighted by atomic mass is 32.2. The van der Waals surface area contributed by atoms with Gasteiger partial charge in [0, 0.05) is 21.3 Å². The number of aliphatic hydroxyl groups is 1. The van der Waals surface area contributed by atoms with E-state index in [9.17, 15) is 14.7 Å². The molecule has 2 aromatic rings. The van der Waals surface area contributed by atoms with Gasteiger partial charge in [-0.1, -0.05) is 18.2 Å². The number of rotatable bonds is 8. The van der Waals surface area contributed by atoms with E-state index in [-0.39, 0.29) is 11.1 Å². The number of hydrogen-bond acceptors (Lipinski definition) is 5. The Morgan fingerprint density at radius 2 is 1.42 bits per heavy atom. The third-order valence-electron chi connectivity index (χ3n) is 3.08. The Bertz CT molecular complexity index is 718. The third-order valence-corrected chi connectivity index (χ3v) is 5.38. The van der Waals surface area contributed by atoms with Crippen molar-refractivity contribution in [1.29, 1.82) is 0 Å². The lowest BCUT2D eigenvalue weighted by molar-refractivity contribution is 0.0651. The Morgan fingerprint density at radius 1 is 0.833 bits per heavy atom. The lowest BCUT2D eigenvalue weighted by atomic mass is 10.1. The smallest absolute Gasteiger partial charge is 0.336 e. The number of carboxylic acid groups (broad SMARTS) is 2. The zero-order valence-corrected chi connectivity index (χ0v) is 14.2. The van der Waals surface area contributed by atoms with E-state index in [4.69, 9.17) is 10.2 Å². The average Bonchev–Trinajstić information content (AvgIpc) is 2.58. The number of thioether (sulfide) groups is 2. The van der Waals surface area contributed by atoms with Crippen molar-refractivity contribution in [2.45, 2.75) is 15.9 Å². The minimum atomic E-state index is -1.28. The largest absolute Gasteiger partial charge is 0.478 e. The van der Waals surface area contributed by atoms with Gasteiger partial charge in [0.15, 0.2) is 0 Å². The second kappa shape index (κ2) is 8.77. The Kier molecular flexibility index (Phi) is 6.72. The molecule has 126 valence electrons. The average molecular weight is 364 g/mol. The minimum Gasteiger partial charge on any atom is -0.478 e. The molecular formula is C17H16O5S2. The van der Waals surface area contributed by atoms with Crippen molar-refractivity contribution in [1.82, 2.24) is 0 Å². The molecule has 0 aliphatic carbocycles. The molecule has 1 unspecified atom stereocenters. The van der Waals surface area contributed by atoms with Gasteiger partial charge in [-0.25, -0.2) is 9.59 Å². The molecule has 0 heterocycles. The van der Waals surface area contributed by atoms with E-state index >= 15 is 0 Å². The van der Waals surface area contributed by atoms with Crippen molar-refractivity contribution in [3.05, 3.63) is 59.7 Å².